The Kier molecular flexibility index (Phi) is 3.68. The number of carbonyl (C=O) groups is 1. The summed E-state index contributed by atoms with van der Waals surface area (Å²) in [6, 6.07) is 4.71. The Morgan fingerprint density at radius 1 is 1.40 bits per heavy atom. The van der Waals surface area contributed by atoms with Crippen LogP contribution in [0.2, 0.25) is 5.02 Å². The molecule has 3 N–H and O–H groups in total. The zero-order valence-electron chi connectivity index (χ0n) is 8.01. The number of aliphatic hydroxyl groups excluding tert-OH is 2. The van der Waals surface area contributed by atoms with E-state index in [2.05, 4.69) is 0 Å². The molecule has 0 fully saturated rings. The molecule has 0 saturated carbocycles. The largest absolute Gasteiger partial charge is 0.479 e. The van der Waals surface area contributed by atoms with Crippen LogP contribution >= 0.6 is 11.6 Å². The minimum Gasteiger partial charge on any atom is -0.479 e. The Bertz CT molecular complexity index is 378. The number of aryl methyl sites for hydroxylation is 1. The first-order valence-corrected chi connectivity index (χ1v) is 4.66. The summed E-state index contributed by atoms with van der Waals surface area (Å²) in [6.45, 7) is 1.70. The molecular formula is C10H11ClO4. The molecule has 0 bridgehead atoms. The standard InChI is InChI=1S/C10H11ClO4/c1-5-2-3-6(11)4-7(5)8(12)9(13)10(14)15/h2-4,8-9,12-13H,1H3,(H,14,15). The van der Waals surface area contributed by atoms with Crippen molar-refractivity contribution in [2.45, 2.75) is 19.1 Å². The van der Waals surface area contributed by atoms with Crippen LogP contribution < -0.4 is 0 Å². The second-order valence-corrected chi connectivity index (χ2v) is 3.67. The highest BCUT2D eigenvalue weighted by molar-refractivity contribution is 6.30. The molecule has 15 heavy (non-hydrogen) atoms. The van der Waals surface area contributed by atoms with Crippen molar-refractivity contribution in [3.8, 4) is 0 Å². The highest BCUT2D eigenvalue weighted by atomic mass is 35.5. The van der Waals surface area contributed by atoms with Crippen molar-refractivity contribution in [1.29, 1.82) is 0 Å². The van der Waals surface area contributed by atoms with E-state index in [0.717, 1.165) is 0 Å². The molecule has 2 unspecified atom stereocenters. The number of halogens is 1. The maximum atomic E-state index is 10.5. The molecule has 0 saturated heterocycles. The van der Waals surface area contributed by atoms with Gasteiger partial charge in [0.1, 0.15) is 6.10 Å². The molecule has 1 rings (SSSR count). The first-order chi connectivity index (χ1) is 6.93. The fourth-order valence-electron chi connectivity index (χ4n) is 1.24. The molecule has 2 atom stereocenters. The molecule has 0 aliphatic heterocycles. The minimum absolute atomic E-state index is 0.317. The van der Waals surface area contributed by atoms with Crippen LogP contribution in [0.5, 0.6) is 0 Å². The van der Waals surface area contributed by atoms with Crippen molar-refractivity contribution in [2.24, 2.45) is 0 Å². The van der Waals surface area contributed by atoms with Gasteiger partial charge in [0.25, 0.3) is 0 Å². The Hall–Kier alpha value is -1.10. The molecule has 82 valence electrons. The van der Waals surface area contributed by atoms with Crippen molar-refractivity contribution in [1.82, 2.24) is 0 Å². The lowest BCUT2D eigenvalue weighted by Gasteiger charge is -2.16. The number of aliphatic hydroxyl groups is 2. The van der Waals surface area contributed by atoms with Gasteiger partial charge in [-0.3, -0.25) is 0 Å². The van der Waals surface area contributed by atoms with Gasteiger partial charge in [-0.25, -0.2) is 4.79 Å². The molecule has 0 aliphatic rings. The molecule has 0 amide bonds. The van der Waals surface area contributed by atoms with E-state index in [1.54, 1.807) is 19.1 Å². The van der Waals surface area contributed by atoms with Gasteiger partial charge in [-0.2, -0.15) is 0 Å². The third-order valence-corrected chi connectivity index (χ3v) is 2.35. The average molecular weight is 231 g/mol. The minimum atomic E-state index is -1.85. The summed E-state index contributed by atoms with van der Waals surface area (Å²) in [5.74, 6) is -1.47. The average Bonchev–Trinajstić information content (AvgIpc) is 2.19. The predicted molar refractivity (Wildman–Crippen MR) is 54.8 cm³/mol. The van der Waals surface area contributed by atoms with Crippen LogP contribution in [-0.4, -0.2) is 27.4 Å². The lowest BCUT2D eigenvalue weighted by molar-refractivity contribution is -0.153. The summed E-state index contributed by atoms with van der Waals surface area (Å²) in [4.78, 5) is 10.5. The third kappa shape index (κ3) is 2.68. The predicted octanol–water partition coefficient (Wildman–Crippen LogP) is 1.13. The molecule has 1 aromatic rings. The first kappa shape index (κ1) is 12.0. The van der Waals surface area contributed by atoms with Gasteiger partial charge in [0.05, 0.1) is 0 Å². The Labute approximate surface area is 91.7 Å². The topological polar surface area (TPSA) is 77.8 Å². The van der Waals surface area contributed by atoms with Gasteiger partial charge in [-0.05, 0) is 30.2 Å². The molecule has 0 aliphatic carbocycles. The molecular weight excluding hydrogens is 220 g/mol. The number of carboxylic acid groups (broad SMARTS) is 1. The fourth-order valence-corrected chi connectivity index (χ4v) is 1.42. The van der Waals surface area contributed by atoms with Crippen molar-refractivity contribution in [3.05, 3.63) is 34.3 Å². The van der Waals surface area contributed by atoms with E-state index >= 15 is 0 Å². The van der Waals surface area contributed by atoms with Crippen molar-refractivity contribution in [2.75, 3.05) is 0 Å². The lowest BCUT2D eigenvalue weighted by atomic mass is 10.00. The van der Waals surface area contributed by atoms with E-state index < -0.39 is 18.2 Å². The van der Waals surface area contributed by atoms with Crippen LogP contribution in [0.4, 0.5) is 0 Å². The van der Waals surface area contributed by atoms with Crippen LogP contribution in [0.3, 0.4) is 0 Å². The third-order valence-electron chi connectivity index (χ3n) is 2.11. The van der Waals surface area contributed by atoms with Gasteiger partial charge < -0.3 is 15.3 Å². The molecule has 0 radical (unpaired) electrons. The smallest absolute Gasteiger partial charge is 0.335 e. The maximum absolute atomic E-state index is 10.5. The summed E-state index contributed by atoms with van der Waals surface area (Å²) >= 11 is 5.70. The van der Waals surface area contributed by atoms with E-state index in [0.29, 0.717) is 16.1 Å². The van der Waals surface area contributed by atoms with E-state index in [9.17, 15) is 15.0 Å². The van der Waals surface area contributed by atoms with E-state index in [1.165, 1.54) is 6.07 Å². The lowest BCUT2D eigenvalue weighted by Crippen LogP contribution is -2.27. The number of rotatable bonds is 3. The summed E-state index contributed by atoms with van der Waals surface area (Å²) in [6.07, 6.45) is -3.32. The van der Waals surface area contributed by atoms with Crippen molar-refractivity contribution < 1.29 is 20.1 Å². The van der Waals surface area contributed by atoms with Gasteiger partial charge in [0.2, 0.25) is 0 Å². The maximum Gasteiger partial charge on any atom is 0.335 e. The SMILES string of the molecule is Cc1ccc(Cl)cc1C(O)C(O)C(=O)O. The quantitative estimate of drug-likeness (QED) is 0.727. The molecule has 5 heteroatoms. The number of aliphatic carboxylic acids is 1. The van der Waals surface area contributed by atoms with Crippen molar-refractivity contribution >= 4 is 17.6 Å². The molecule has 4 nitrogen and oxygen atoms in total. The number of benzene rings is 1. The molecule has 0 aromatic heterocycles. The van der Waals surface area contributed by atoms with Crippen LogP contribution in [0.1, 0.15) is 17.2 Å². The monoisotopic (exact) mass is 230 g/mol. The van der Waals surface area contributed by atoms with Gasteiger partial charge in [-0.1, -0.05) is 17.7 Å². The second kappa shape index (κ2) is 4.61. The second-order valence-electron chi connectivity index (χ2n) is 3.23. The van der Waals surface area contributed by atoms with Crippen molar-refractivity contribution in [3.63, 3.8) is 0 Å². The fraction of sp³-hybridized carbons (Fsp3) is 0.300. The highest BCUT2D eigenvalue weighted by Gasteiger charge is 2.26. The van der Waals surface area contributed by atoms with E-state index in [1.807, 2.05) is 0 Å². The zero-order valence-corrected chi connectivity index (χ0v) is 8.77. The first-order valence-electron chi connectivity index (χ1n) is 4.28. The summed E-state index contributed by atoms with van der Waals surface area (Å²) < 4.78 is 0. The number of hydrogen-bond acceptors (Lipinski definition) is 3. The van der Waals surface area contributed by atoms with Gasteiger partial charge in [0.15, 0.2) is 6.10 Å². The normalized spacial score (nSPS) is 14.7. The molecule has 0 heterocycles. The van der Waals surface area contributed by atoms with E-state index in [-0.39, 0.29) is 0 Å². The zero-order chi connectivity index (χ0) is 11.6. The molecule has 0 spiro atoms. The Morgan fingerprint density at radius 2 is 2.00 bits per heavy atom. The van der Waals surface area contributed by atoms with Gasteiger partial charge >= 0.3 is 5.97 Å². The highest BCUT2D eigenvalue weighted by Crippen LogP contribution is 2.24. The van der Waals surface area contributed by atoms with Crippen LogP contribution in [0, 0.1) is 6.92 Å². The van der Waals surface area contributed by atoms with Gasteiger partial charge in [-0.15, -0.1) is 0 Å². The Morgan fingerprint density at radius 3 is 2.53 bits per heavy atom. The van der Waals surface area contributed by atoms with Crippen LogP contribution in [0.15, 0.2) is 18.2 Å². The van der Waals surface area contributed by atoms with Crippen LogP contribution in [-0.2, 0) is 4.79 Å². The summed E-state index contributed by atoms with van der Waals surface area (Å²) in [5.41, 5.74) is 0.990. The summed E-state index contributed by atoms with van der Waals surface area (Å²) in [7, 11) is 0. The number of carboxylic acids is 1. The molecule has 1 aromatic carbocycles. The van der Waals surface area contributed by atoms with E-state index in [4.69, 9.17) is 16.7 Å². The number of hydrogen-bond donors (Lipinski definition) is 3. The van der Waals surface area contributed by atoms with Crippen LogP contribution in [0.25, 0.3) is 0 Å². The Balaban J connectivity index is 3.04. The van der Waals surface area contributed by atoms with Gasteiger partial charge in [0, 0.05) is 5.02 Å². The summed E-state index contributed by atoms with van der Waals surface area (Å²) in [5, 5.41) is 27.7.